The number of amides is 1. The van der Waals surface area contributed by atoms with E-state index in [1.165, 1.54) is 0 Å². The lowest BCUT2D eigenvalue weighted by Gasteiger charge is -2.37. The molecule has 2 aliphatic rings. The number of hydrogen-bond donors (Lipinski definition) is 1. The Morgan fingerprint density at radius 1 is 1.20 bits per heavy atom. The van der Waals surface area contributed by atoms with E-state index in [9.17, 15) is 22.8 Å². The number of morpholine rings is 1. The summed E-state index contributed by atoms with van der Waals surface area (Å²) in [5.74, 6) is 3.06. The average molecular weight is 491 g/mol. The normalized spacial score (nSPS) is 18.9. The molecule has 4 heterocycles. The van der Waals surface area contributed by atoms with Gasteiger partial charge in [0.2, 0.25) is 11.9 Å². The number of nitrogens with zero attached hydrogens (tertiary/aromatic N) is 6. The van der Waals surface area contributed by atoms with Gasteiger partial charge in [-0.1, -0.05) is 5.92 Å². The zero-order valence-electron chi connectivity index (χ0n) is 19.0. The van der Waals surface area contributed by atoms with Crippen molar-refractivity contribution in [3.8, 4) is 12.3 Å². The zero-order chi connectivity index (χ0) is 25.2. The molecule has 0 spiro atoms. The fraction of sp³-hybridized carbons (Fsp3) is 0.500. The van der Waals surface area contributed by atoms with Gasteiger partial charge in [-0.15, -0.1) is 6.42 Å². The smallest absolute Gasteiger partial charge is 0.374 e. The molecular weight excluding hydrogens is 467 g/mol. The number of rotatable bonds is 4. The van der Waals surface area contributed by atoms with E-state index in [2.05, 4.69) is 26.1 Å². The Balaban J connectivity index is 1.32. The molecule has 186 valence electrons. The highest BCUT2D eigenvalue weighted by Crippen LogP contribution is 2.28. The van der Waals surface area contributed by atoms with E-state index in [0.717, 1.165) is 12.4 Å². The highest BCUT2D eigenvalue weighted by molar-refractivity contribution is 5.77. The number of carbonyl (C=O) groups excluding carboxylic acids is 1. The molecule has 4 rings (SSSR count). The average Bonchev–Trinajstić information content (AvgIpc) is 2.84. The van der Waals surface area contributed by atoms with Crippen molar-refractivity contribution in [1.29, 1.82) is 0 Å². The van der Waals surface area contributed by atoms with Crippen molar-refractivity contribution in [3.63, 3.8) is 0 Å². The van der Waals surface area contributed by atoms with E-state index in [1.807, 2.05) is 4.90 Å². The van der Waals surface area contributed by atoms with Crippen LogP contribution in [0.5, 0.6) is 0 Å². The van der Waals surface area contributed by atoms with Gasteiger partial charge in [0.15, 0.2) is 5.82 Å². The second-order valence-corrected chi connectivity index (χ2v) is 8.30. The van der Waals surface area contributed by atoms with Gasteiger partial charge in [0.1, 0.15) is 0 Å². The molecule has 0 radical (unpaired) electrons. The Bertz CT molecular complexity index is 1170. The first kappa shape index (κ1) is 24.5. The van der Waals surface area contributed by atoms with E-state index in [-0.39, 0.29) is 29.9 Å². The topological polar surface area (TPSA) is 108 Å². The van der Waals surface area contributed by atoms with Crippen molar-refractivity contribution in [2.24, 2.45) is 0 Å². The molecule has 0 saturated carbocycles. The molecule has 0 bridgehead atoms. The van der Waals surface area contributed by atoms with Gasteiger partial charge in [-0.2, -0.15) is 18.3 Å². The Kier molecular flexibility index (Phi) is 6.93. The van der Waals surface area contributed by atoms with Crippen LogP contribution in [-0.2, 0) is 15.7 Å². The summed E-state index contributed by atoms with van der Waals surface area (Å²) in [5, 5.41) is 6.55. The van der Waals surface area contributed by atoms with Crippen LogP contribution in [0.15, 0.2) is 17.2 Å². The van der Waals surface area contributed by atoms with Crippen molar-refractivity contribution in [2.75, 3.05) is 55.7 Å². The number of aromatic nitrogens is 4. The summed E-state index contributed by atoms with van der Waals surface area (Å²) >= 11 is 0. The number of terminal acetylenes is 1. The van der Waals surface area contributed by atoms with Gasteiger partial charge < -0.3 is 19.4 Å². The maximum Gasteiger partial charge on any atom is 0.419 e. The summed E-state index contributed by atoms with van der Waals surface area (Å²) in [4.78, 5) is 37.8. The van der Waals surface area contributed by atoms with Gasteiger partial charge in [-0.05, 0) is 6.92 Å². The van der Waals surface area contributed by atoms with Crippen LogP contribution in [0.2, 0.25) is 0 Å². The second-order valence-electron chi connectivity index (χ2n) is 8.30. The fourth-order valence-corrected chi connectivity index (χ4v) is 4.15. The Morgan fingerprint density at radius 3 is 2.51 bits per heavy atom. The maximum absolute atomic E-state index is 12.9. The quantitative estimate of drug-likeness (QED) is 0.627. The summed E-state index contributed by atoms with van der Waals surface area (Å²) < 4.78 is 43.9. The van der Waals surface area contributed by atoms with E-state index in [1.54, 1.807) is 16.7 Å². The largest absolute Gasteiger partial charge is 0.419 e. The molecule has 10 nitrogen and oxygen atoms in total. The monoisotopic (exact) mass is 491 g/mol. The second kappa shape index (κ2) is 9.91. The minimum absolute atomic E-state index is 0.0831. The third kappa shape index (κ3) is 5.37. The molecule has 0 aromatic carbocycles. The van der Waals surface area contributed by atoms with Gasteiger partial charge in [0.05, 0.1) is 30.3 Å². The highest BCUT2D eigenvalue weighted by Gasteiger charge is 2.32. The first-order chi connectivity index (χ1) is 16.7. The molecule has 2 aliphatic heterocycles. The van der Waals surface area contributed by atoms with Crippen LogP contribution < -0.4 is 15.4 Å². The van der Waals surface area contributed by atoms with Gasteiger partial charge in [0, 0.05) is 57.2 Å². The molecule has 2 aromatic heterocycles. The number of halogens is 3. The molecule has 1 N–H and O–H groups in total. The van der Waals surface area contributed by atoms with Crippen molar-refractivity contribution in [3.05, 3.63) is 39.4 Å². The van der Waals surface area contributed by atoms with Crippen LogP contribution in [0, 0.1) is 19.3 Å². The van der Waals surface area contributed by atoms with E-state index in [0.29, 0.717) is 57.3 Å². The molecule has 2 saturated heterocycles. The standard InChI is InChI=1S/C22H24F3N7O3/c1-3-17-14(2)19(28-29-20(17)34)32-8-9-35-16(13-32)10-18(33)30-4-6-31(7-5-30)21-26-11-15(12-27-21)22(23,24)25/h1,11-12,16H,4-10,13H2,2H3,(H,29,34)/t16-/m0/s1. The molecule has 2 fully saturated rings. The van der Waals surface area contributed by atoms with Crippen LogP contribution in [-0.4, -0.2) is 83.0 Å². The molecule has 13 heteroatoms. The van der Waals surface area contributed by atoms with Crippen molar-refractivity contribution in [2.45, 2.75) is 25.6 Å². The first-order valence-corrected chi connectivity index (χ1v) is 11.0. The van der Waals surface area contributed by atoms with Crippen molar-refractivity contribution >= 4 is 17.7 Å². The summed E-state index contributed by atoms with van der Waals surface area (Å²) in [5.41, 5.74) is -0.497. The predicted octanol–water partition coefficient (Wildman–Crippen LogP) is 0.813. The fourth-order valence-electron chi connectivity index (χ4n) is 4.15. The van der Waals surface area contributed by atoms with E-state index in [4.69, 9.17) is 11.2 Å². The number of alkyl halides is 3. The third-order valence-corrected chi connectivity index (χ3v) is 6.07. The maximum atomic E-state index is 12.9. The van der Waals surface area contributed by atoms with Crippen LogP contribution >= 0.6 is 0 Å². The summed E-state index contributed by atoms with van der Waals surface area (Å²) in [6.45, 7) is 4.69. The van der Waals surface area contributed by atoms with E-state index < -0.39 is 17.3 Å². The molecule has 35 heavy (non-hydrogen) atoms. The molecule has 1 atom stereocenters. The lowest BCUT2D eigenvalue weighted by molar-refractivity contribution is -0.138. The minimum Gasteiger partial charge on any atom is -0.374 e. The molecule has 0 unspecified atom stereocenters. The number of anilines is 2. The zero-order valence-corrected chi connectivity index (χ0v) is 19.0. The number of aromatic amines is 1. The molecule has 1 amide bonds. The van der Waals surface area contributed by atoms with Crippen LogP contribution in [0.1, 0.15) is 23.1 Å². The van der Waals surface area contributed by atoms with Gasteiger partial charge in [0.25, 0.3) is 5.56 Å². The Labute approximate surface area is 199 Å². The van der Waals surface area contributed by atoms with E-state index >= 15 is 0 Å². The Morgan fingerprint density at radius 2 is 1.89 bits per heavy atom. The number of carbonyl (C=O) groups is 1. The van der Waals surface area contributed by atoms with Crippen molar-refractivity contribution in [1.82, 2.24) is 25.1 Å². The Hall–Kier alpha value is -3.66. The number of ether oxygens (including phenoxy) is 1. The lowest BCUT2D eigenvalue weighted by Crippen LogP contribution is -2.51. The summed E-state index contributed by atoms with van der Waals surface area (Å²) in [7, 11) is 0. The third-order valence-electron chi connectivity index (χ3n) is 6.07. The predicted molar refractivity (Wildman–Crippen MR) is 120 cm³/mol. The lowest BCUT2D eigenvalue weighted by atomic mass is 10.1. The van der Waals surface area contributed by atoms with Gasteiger partial charge in [-0.3, -0.25) is 9.59 Å². The van der Waals surface area contributed by atoms with Gasteiger partial charge in [-0.25, -0.2) is 15.1 Å². The van der Waals surface area contributed by atoms with Crippen LogP contribution in [0.4, 0.5) is 24.9 Å². The molecule has 2 aromatic rings. The number of nitrogens with one attached hydrogen (secondary N) is 1. The highest BCUT2D eigenvalue weighted by atomic mass is 19.4. The van der Waals surface area contributed by atoms with Crippen LogP contribution in [0.3, 0.4) is 0 Å². The number of piperazine rings is 1. The number of hydrogen-bond acceptors (Lipinski definition) is 8. The molecule has 0 aliphatic carbocycles. The minimum atomic E-state index is -4.49. The summed E-state index contributed by atoms with van der Waals surface area (Å²) in [6.07, 6.45) is 2.28. The van der Waals surface area contributed by atoms with Gasteiger partial charge >= 0.3 is 6.18 Å². The first-order valence-electron chi connectivity index (χ1n) is 11.0. The molecular formula is C22H24F3N7O3. The summed E-state index contributed by atoms with van der Waals surface area (Å²) in [6, 6.07) is 0. The number of H-pyrrole nitrogens is 1. The van der Waals surface area contributed by atoms with Crippen LogP contribution in [0.25, 0.3) is 0 Å². The SMILES string of the molecule is C#Cc1c(C)c(N2CCO[C@@H](CC(=O)N3CCN(c4ncc(C(F)(F)F)cn4)CC3)C2)n[nH]c1=O. The van der Waals surface area contributed by atoms with Crippen molar-refractivity contribution < 1.29 is 22.7 Å².